The van der Waals surface area contributed by atoms with Gasteiger partial charge in [0, 0.05) is 12.6 Å². The van der Waals surface area contributed by atoms with Crippen LogP contribution in [0.15, 0.2) is 6.07 Å². The lowest BCUT2D eigenvalue weighted by Crippen LogP contribution is -2.35. The maximum absolute atomic E-state index is 10.1. The van der Waals surface area contributed by atoms with Gasteiger partial charge in [-0.3, -0.25) is 0 Å². The maximum Gasteiger partial charge on any atom is 0.223 e. The number of hydrogen-bond acceptors (Lipinski definition) is 5. The molecule has 90 valence electrons. The van der Waals surface area contributed by atoms with Crippen molar-refractivity contribution >= 4 is 23.4 Å². The lowest BCUT2D eigenvalue weighted by atomic mass is 9.98. The summed E-state index contributed by atoms with van der Waals surface area (Å²) in [5.41, 5.74) is 4.72. The molecule has 6 heteroatoms. The summed E-state index contributed by atoms with van der Waals surface area (Å²) in [6, 6.07) is 1.57. The minimum atomic E-state index is -0.730. The number of halogens is 1. The third-order valence-electron chi connectivity index (χ3n) is 2.63. The Morgan fingerprint density at radius 3 is 2.56 bits per heavy atom. The fourth-order valence-electron chi connectivity index (χ4n) is 1.28. The highest BCUT2D eigenvalue weighted by Crippen LogP contribution is 2.17. The SMILES string of the molecule is CCC(O)(CC)CNc1cc(Cl)nc(N)n1. The predicted molar refractivity (Wildman–Crippen MR) is 65.5 cm³/mol. The number of aromatic nitrogens is 2. The van der Waals surface area contributed by atoms with Gasteiger partial charge < -0.3 is 16.2 Å². The van der Waals surface area contributed by atoms with E-state index in [0.29, 0.717) is 25.2 Å². The zero-order valence-corrected chi connectivity index (χ0v) is 10.3. The standard InChI is InChI=1S/C10H17ClN4O/c1-3-10(16,4-2)6-13-8-5-7(11)14-9(12)15-8/h5,16H,3-4,6H2,1-2H3,(H3,12,13,14,15). The van der Waals surface area contributed by atoms with Gasteiger partial charge in [0.1, 0.15) is 11.0 Å². The van der Waals surface area contributed by atoms with Crippen LogP contribution in [0.4, 0.5) is 11.8 Å². The average Bonchev–Trinajstić information content (AvgIpc) is 2.25. The van der Waals surface area contributed by atoms with Crippen molar-refractivity contribution in [2.45, 2.75) is 32.3 Å². The second-order valence-electron chi connectivity index (χ2n) is 3.72. The Morgan fingerprint density at radius 1 is 1.44 bits per heavy atom. The molecule has 0 amide bonds. The molecule has 0 aromatic carbocycles. The molecule has 1 aromatic heterocycles. The second-order valence-corrected chi connectivity index (χ2v) is 4.11. The van der Waals surface area contributed by atoms with Gasteiger partial charge in [0.2, 0.25) is 5.95 Å². The topological polar surface area (TPSA) is 84.1 Å². The minimum absolute atomic E-state index is 0.117. The van der Waals surface area contributed by atoms with Gasteiger partial charge in [-0.1, -0.05) is 25.4 Å². The van der Waals surface area contributed by atoms with Gasteiger partial charge in [-0.2, -0.15) is 4.98 Å². The van der Waals surface area contributed by atoms with Crippen LogP contribution in [0.1, 0.15) is 26.7 Å². The van der Waals surface area contributed by atoms with E-state index in [9.17, 15) is 5.11 Å². The van der Waals surface area contributed by atoms with Crippen LogP contribution in [0.5, 0.6) is 0 Å². The van der Waals surface area contributed by atoms with E-state index in [1.165, 1.54) is 0 Å². The van der Waals surface area contributed by atoms with Crippen molar-refractivity contribution in [3.63, 3.8) is 0 Å². The van der Waals surface area contributed by atoms with Gasteiger partial charge >= 0.3 is 0 Å². The molecule has 0 aliphatic heterocycles. The largest absolute Gasteiger partial charge is 0.388 e. The summed E-state index contributed by atoms with van der Waals surface area (Å²) in [5, 5.41) is 13.3. The monoisotopic (exact) mass is 244 g/mol. The molecular formula is C10H17ClN4O. The van der Waals surface area contributed by atoms with E-state index in [4.69, 9.17) is 17.3 Å². The van der Waals surface area contributed by atoms with Crippen molar-refractivity contribution in [2.24, 2.45) is 0 Å². The Bertz CT molecular complexity index is 334. The molecule has 0 radical (unpaired) electrons. The molecule has 5 nitrogen and oxygen atoms in total. The smallest absolute Gasteiger partial charge is 0.223 e. The molecule has 0 fully saturated rings. The first-order chi connectivity index (χ1) is 7.49. The van der Waals surface area contributed by atoms with E-state index < -0.39 is 5.60 Å². The fourth-order valence-corrected chi connectivity index (χ4v) is 1.47. The molecule has 0 saturated carbocycles. The van der Waals surface area contributed by atoms with Crippen molar-refractivity contribution in [3.8, 4) is 0 Å². The van der Waals surface area contributed by atoms with Gasteiger partial charge in [0.25, 0.3) is 0 Å². The highest BCUT2D eigenvalue weighted by atomic mass is 35.5. The Labute approximate surface area is 100 Å². The molecule has 0 aliphatic carbocycles. The summed E-state index contributed by atoms with van der Waals surface area (Å²) in [6.07, 6.45) is 1.34. The maximum atomic E-state index is 10.1. The number of anilines is 2. The highest BCUT2D eigenvalue weighted by molar-refractivity contribution is 6.29. The molecule has 16 heavy (non-hydrogen) atoms. The van der Waals surface area contributed by atoms with Gasteiger partial charge in [0.15, 0.2) is 0 Å². The molecule has 1 heterocycles. The van der Waals surface area contributed by atoms with Crippen LogP contribution >= 0.6 is 11.6 Å². The van der Waals surface area contributed by atoms with Crippen LogP contribution in [0.3, 0.4) is 0 Å². The van der Waals surface area contributed by atoms with E-state index in [0.717, 1.165) is 0 Å². The van der Waals surface area contributed by atoms with E-state index in [1.807, 2.05) is 13.8 Å². The molecule has 0 unspecified atom stereocenters. The van der Waals surface area contributed by atoms with E-state index in [-0.39, 0.29) is 11.1 Å². The van der Waals surface area contributed by atoms with Gasteiger partial charge in [-0.15, -0.1) is 0 Å². The molecule has 4 N–H and O–H groups in total. The first kappa shape index (κ1) is 13.0. The summed E-state index contributed by atoms with van der Waals surface area (Å²) in [4.78, 5) is 7.71. The van der Waals surface area contributed by atoms with E-state index >= 15 is 0 Å². The van der Waals surface area contributed by atoms with Crippen LogP contribution in [-0.2, 0) is 0 Å². The van der Waals surface area contributed by atoms with Crippen LogP contribution in [0.25, 0.3) is 0 Å². The average molecular weight is 245 g/mol. The molecule has 1 aromatic rings. The molecule has 0 atom stereocenters. The zero-order valence-electron chi connectivity index (χ0n) is 9.50. The van der Waals surface area contributed by atoms with Crippen molar-refractivity contribution in [3.05, 3.63) is 11.2 Å². The summed E-state index contributed by atoms with van der Waals surface area (Å²) in [5.74, 6) is 0.643. The lowest BCUT2D eigenvalue weighted by molar-refractivity contribution is 0.0456. The quantitative estimate of drug-likeness (QED) is 0.687. The van der Waals surface area contributed by atoms with Crippen LogP contribution in [0, 0.1) is 0 Å². The highest BCUT2D eigenvalue weighted by Gasteiger charge is 2.21. The van der Waals surface area contributed by atoms with Gasteiger partial charge in [-0.05, 0) is 12.8 Å². The van der Waals surface area contributed by atoms with Crippen LogP contribution < -0.4 is 11.1 Å². The van der Waals surface area contributed by atoms with Crippen molar-refractivity contribution in [1.29, 1.82) is 0 Å². The number of nitrogen functional groups attached to an aromatic ring is 1. The van der Waals surface area contributed by atoms with Crippen molar-refractivity contribution in [1.82, 2.24) is 9.97 Å². The first-order valence-corrected chi connectivity index (χ1v) is 5.63. The van der Waals surface area contributed by atoms with Gasteiger partial charge in [-0.25, -0.2) is 4.98 Å². The van der Waals surface area contributed by atoms with Gasteiger partial charge in [0.05, 0.1) is 5.60 Å². The minimum Gasteiger partial charge on any atom is -0.388 e. The van der Waals surface area contributed by atoms with Crippen molar-refractivity contribution in [2.75, 3.05) is 17.6 Å². The first-order valence-electron chi connectivity index (χ1n) is 5.25. The Kier molecular flexibility index (Phi) is 4.32. The Morgan fingerprint density at radius 2 is 2.06 bits per heavy atom. The summed E-state index contributed by atoms with van der Waals surface area (Å²) < 4.78 is 0. The number of hydrogen-bond donors (Lipinski definition) is 3. The fraction of sp³-hybridized carbons (Fsp3) is 0.600. The molecule has 0 aliphatic rings. The number of nitrogens with two attached hydrogens (primary N) is 1. The van der Waals surface area contributed by atoms with E-state index in [2.05, 4.69) is 15.3 Å². The molecule has 0 saturated heterocycles. The molecular weight excluding hydrogens is 228 g/mol. The number of aliphatic hydroxyl groups is 1. The summed E-state index contributed by atoms with van der Waals surface area (Å²) >= 11 is 5.73. The Hall–Kier alpha value is -1.07. The van der Waals surface area contributed by atoms with Crippen LogP contribution in [-0.4, -0.2) is 27.2 Å². The van der Waals surface area contributed by atoms with Crippen molar-refractivity contribution < 1.29 is 5.11 Å². The number of nitrogens with zero attached hydrogens (tertiary/aromatic N) is 2. The van der Waals surface area contributed by atoms with Crippen LogP contribution in [0.2, 0.25) is 5.15 Å². The summed E-state index contributed by atoms with van der Waals surface area (Å²) in [7, 11) is 0. The number of nitrogens with one attached hydrogen (secondary N) is 1. The predicted octanol–water partition coefficient (Wildman–Crippen LogP) is 1.68. The summed E-state index contributed by atoms with van der Waals surface area (Å²) in [6.45, 7) is 4.28. The molecule has 0 spiro atoms. The molecule has 0 bridgehead atoms. The Balaban J connectivity index is 2.67. The van der Waals surface area contributed by atoms with E-state index in [1.54, 1.807) is 6.07 Å². The second kappa shape index (κ2) is 5.32. The number of rotatable bonds is 5. The third-order valence-corrected chi connectivity index (χ3v) is 2.82. The lowest BCUT2D eigenvalue weighted by Gasteiger charge is -2.25. The molecule has 1 rings (SSSR count). The normalized spacial score (nSPS) is 11.5. The third kappa shape index (κ3) is 3.50. The zero-order chi connectivity index (χ0) is 12.2.